The molecular weight excluding hydrogens is 254 g/mol. The fourth-order valence-electron chi connectivity index (χ4n) is 2.66. The fourth-order valence-corrected chi connectivity index (χ4v) is 2.66. The number of carbonyl (C=O) groups is 1. The standard InChI is InChI=1S/C16H23NO3/c1-3-20-16(18)5-4-10-17-15-9-7-12-6-8-13(19-2)11-14(12)15/h6,8,11,15,17H,3-5,7,9-10H2,1-2H3. The van der Waals surface area contributed by atoms with E-state index >= 15 is 0 Å². The highest BCUT2D eigenvalue weighted by Gasteiger charge is 2.22. The van der Waals surface area contributed by atoms with Crippen LogP contribution in [0.15, 0.2) is 18.2 Å². The van der Waals surface area contributed by atoms with Crippen LogP contribution in [0.25, 0.3) is 0 Å². The van der Waals surface area contributed by atoms with Gasteiger partial charge in [0.2, 0.25) is 0 Å². The van der Waals surface area contributed by atoms with Crippen LogP contribution in [0, 0.1) is 0 Å². The van der Waals surface area contributed by atoms with Crippen molar-refractivity contribution in [3.8, 4) is 5.75 Å². The molecule has 1 atom stereocenters. The molecule has 1 N–H and O–H groups in total. The molecule has 2 rings (SSSR count). The van der Waals surface area contributed by atoms with E-state index in [0.29, 0.717) is 19.1 Å². The number of hydrogen-bond donors (Lipinski definition) is 1. The number of methoxy groups -OCH3 is 1. The second-order valence-electron chi connectivity index (χ2n) is 5.02. The lowest BCUT2D eigenvalue weighted by Crippen LogP contribution is -2.21. The Morgan fingerprint density at radius 2 is 2.30 bits per heavy atom. The Morgan fingerprint density at radius 3 is 3.05 bits per heavy atom. The minimum Gasteiger partial charge on any atom is -0.497 e. The molecule has 110 valence electrons. The highest BCUT2D eigenvalue weighted by atomic mass is 16.5. The van der Waals surface area contributed by atoms with Gasteiger partial charge < -0.3 is 14.8 Å². The second-order valence-corrected chi connectivity index (χ2v) is 5.02. The molecule has 0 heterocycles. The summed E-state index contributed by atoms with van der Waals surface area (Å²) in [5, 5.41) is 3.52. The largest absolute Gasteiger partial charge is 0.497 e. The Labute approximate surface area is 120 Å². The van der Waals surface area contributed by atoms with Gasteiger partial charge in [0.25, 0.3) is 0 Å². The molecule has 0 saturated carbocycles. The number of esters is 1. The third-order valence-corrected chi connectivity index (χ3v) is 3.68. The van der Waals surface area contributed by atoms with Crippen molar-refractivity contribution in [1.82, 2.24) is 5.32 Å². The normalized spacial score (nSPS) is 16.8. The Kier molecular flexibility index (Phi) is 5.41. The topological polar surface area (TPSA) is 47.6 Å². The van der Waals surface area contributed by atoms with Crippen LogP contribution in [0.5, 0.6) is 5.75 Å². The molecule has 1 aliphatic carbocycles. The fraction of sp³-hybridized carbons (Fsp3) is 0.562. The van der Waals surface area contributed by atoms with Gasteiger partial charge in [-0.3, -0.25) is 4.79 Å². The Morgan fingerprint density at radius 1 is 1.45 bits per heavy atom. The molecule has 0 saturated heterocycles. The zero-order chi connectivity index (χ0) is 14.4. The van der Waals surface area contributed by atoms with Crippen LogP contribution in [-0.4, -0.2) is 26.2 Å². The van der Waals surface area contributed by atoms with Crippen LogP contribution in [0.4, 0.5) is 0 Å². The lowest BCUT2D eigenvalue weighted by Gasteiger charge is -2.14. The van der Waals surface area contributed by atoms with Crippen molar-refractivity contribution < 1.29 is 14.3 Å². The van der Waals surface area contributed by atoms with Crippen molar-refractivity contribution in [3.05, 3.63) is 29.3 Å². The van der Waals surface area contributed by atoms with Crippen molar-refractivity contribution in [3.63, 3.8) is 0 Å². The summed E-state index contributed by atoms with van der Waals surface area (Å²) in [6.45, 7) is 3.13. The van der Waals surface area contributed by atoms with E-state index in [9.17, 15) is 4.79 Å². The van der Waals surface area contributed by atoms with Crippen molar-refractivity contribution in [1.29, 1.82) is 0 Å². The lowest BCUT2D eigenvalue weighted by atomic mass is 10.1. The number of ether oxygens (including phenoxy) is 2. The van der Waals surface area contributed by atoms with Gasteiger partial charge in [-0.25, -0.2) is 0 Å². The minimum atomic E-state index is -0.109. The lowest BCUT2D eigenvalue weighted by molar-refractivity contribution is -0.143. The van der Waals surface area contributed by atoms with Gasteiger partial charge in [0, 0.05) is 12.5 Å². The van der Waals surface area contributed by atoms with Crippen molar-refractivity contribution in [2.24, 2.45) is 0 Å². The number of aryl methyl sites for hydroxylation is 1. The van der Waals surface area contributed by atoms with E-state index in [0.717, 1.165) is 31.6 Å². The second kappa shape index (κ2) is 7.29. The van der Waals surface area contributed by atoms with Crippen LogP contribution in [-0.2, 0) is 16.0 Å². The van der Waals surface area contributed by atoms with Gasteiger partial charge in [-0.05, 0) is 56.0 Å². The first-order chi connectivity index (χ1) is 9.74. The van der Waals surface area contributed by atoms with Crippen LogP contribution in [0.2, 0.25) is 0 Å². The smallest absolute Gasteiger partial charge is 0.305 e. The summed E-state index contributed by atoms with van der Waals surface area (Å²) >= 11 is 0. The molecule has 0 spiro atoms. The zero-order valence-corrected chi connectivity index (χ0v) is 12.3. The van der Waals surface area contributed by atoms with E-state index in [1.165, 1.54) is 11.1 Å². The number of benzene rings is 1. The molecule has 4 heteroatoms. The number of hydrogen-bond acceptors (Lipinski definition) is 4. The number of rotatable bonds is 7. The van der Waals surface area contributed by atoms with Gasteiger partial charge in [0.05, 0.1) is 13.7 Å². The number of carbonyl (C=O) groups excluding carboxylic acids is 1. The first-order valence-corrected chi connectivity index (χ1v) is 7.30. The molecule has 0 aliphatic heterocycles. The molecule has 0 aromatic heterocycles. The monoisotopic (exact) mass is 277 g/mol. The molecule has 20 heavy (non-hydrogen) atoms. The van der Waals surface area contributed by atoms with E-state index in [2.05, 4.69) is 17.4 Å². The summed E-state index contributed by atoms with van der Waals surface area (Å²) < 4.78 is 10.2. The summed E-state index contributed by atoms with van der Waals surface area (Å²) in [6.07, 6.45) is 3.52. The maximum Gasteiger partial charge on any atom is 0.305 e. The van der Waals surface area contributed by atoms with Crippen molar-refractivity contribution in [2.75, 3.05) is 20.3 Å². The third-order valence-electron chi connectivity index (χ3n) is 3.68. The minimum absolute atomic E-state index is 0.109. The Hall–Kier alpha value is -1.55. The van der Waals surface area contributed by atoms with Gasteiger partial charge >= 0.3 is 5.97 Å². The predicted molar refractivity (Wildman–Crippen MR) is 77.9 cm³/mol. The Bertz CT molecular complexity index is 459. The molecule has 1 aromatic carbocycles. The molecule has 1 unspecified atom stereocenters. The van der Waals surface area contributed by atoms with Gasteiger partial charge in [0.15, 0.2) is 0 Å². The zero-order valence-electron chi connectivity index (χ0n) is 12.3. The van der Waals surface area contributed by atoms with Crippen molar-refractivity contribution in [2.45, 2.75) is 38.6 Å². The first-order valence-electron chi connectivity index (χ1n) is 7.30. The molecule has 0 fully saturated rings. The summed E-state index contributed by atoms with van der Waals surface area (Å²) in [4.78, 5) is 11.3. The first kappa shape index (κ1) is 14.9. The average molecular weight is 277 g/mol. The summed E-state index contributed by atoms with van der Waals surface area (Å²) in [6, 6.07) is 6.66. The van der Waals surface area contributed by atoms with Crippen LogP contribution >= 0.6 is 0 Å². The maximum atomic E-state index is 11.3. The molecule has 1 aliphatic rings. The predicted octanol–water partition coefficient (Wildman–Crippen LogP) is 2.62. The SMILES string of the molecule is CCOC(=O)CCCNC1CCc2ccc(OC)cc21. The van der Waals surface area contributed by atoms with Gasteiger partial charge in [0.1, 0.15) is 5.75 Å². The van der Waals surface area contributed by atoms with E-state index in [-0.39, 0.29) is 5.97 Å². The molecule has 0 bridgehead atoms. The van der Waals surface area contributed by atoms with Crippen LogP contribution < -0.4 is 10.1 Å². The van der Waals surface area contributed by atoms with E-state index in [1.807, 2.05) is 13.0 Å². The molecule has 1 aromatic rings. The Balaban J connectivity index is 1.80. The number of nitrogens with one attached hydrogen (secondary N) is 1. The molecular formula is C16H23NO3. The summed E-state index contributed by atoms with van der Waals surface area (Å²) in [5.74, 6) is 0.798. The van der Waals surface area contributed by atoms with Crippen molar-refractivity contribution >= 4 is 5.97 Å². The van der Waals surface area contributed by atoms with Gasteiger partial charge in [-0.15, -0.1) is 0 Å². The maximum absolute atomic E-state index is 11.3. The molecule has 0 radical (unpaired) electrons. The third kappa shape index (κ3) is 3.73. The van der Waals surface area contributed by atoms with Crippen LogP contribution in [0.3, 0.4) is 0 Å². The summed E-state index contributed by atoms with van der Waals surface area (Å²) in [5.41, 5.74) is 2.73. The van der Waals surface area contributed by atoms with Crippen LogP contribution in [0.1, 0.15) is 43.4 Å². The quantitative estimate of drug-likeness (QED) is 0.615. The van der Waals surface area contributed by atoms with Gasteiger partial charge in [-0.1, -0.05) is 6.07 Å². The highest BCUT2D eigenvalue weighted by Crippen LogP contribution is 2.33. The summed E-state index contributed by atoms with van der Waals surface area (Å²) in [7, 11) is 1.69. The molecule has 4 nitrogen and oxygen atoms in total. The van der Waals surface area contributed by atoms with E-state index in [4.69, 9.17) is 9.47 Å². The highest BCUT2D eigenvalue weighted by molar-refractivity contribution is 5.69. The van der Waals surface area contributed by atoms with E-state index < -0.39 is 0 Å². The number of fused-ring (bicyclic) bond motifs is 1. The van der Waals surface area contributed by atoms with Gasteiger partial charge in [-0.2, -0.15) is 0 Å². The average Bonchev–Trinajstić information content (AvgIpc) is 2.86. The van der Waals surface area contributed by atoms with E-state index in [1.54, 1.807) is 7.11 Å². The molecule has 0 amide bonds.